The lowest BCUT2D eigenvalue weighted by atomic mass is 9.44. The van der Waals surface area contributed by atoms with E-state index in [1.165, 1.54) is 25.7 Å². The molecule has 0 amide bonds. The third kappa shape index (κ3) is 2.14. The van der Waals surface area contributed by atoms with Gasteiger partial charge in [0.15, 0.2) is 0 Å². The molecule has 0 aliphatic heterocycles. The Bertz CT molecular complexity index is 503. The summed E-state index contributed by atoms with van der Waals surface area (Å²) >= 11 is 0. The van der Waals surface area contributed by atoms with E-state index in [-0.39, 0.29) is 17.4 Å². The number of fused-ring (bicyclic) bond motifs is 5. The van der Waals surface area contributed by atoms with Crippen LogP contribution in [-0.2, 0) is 4.79 Å². The standard InChI is InChI=1S/C20H32O3/c1-19-9-7-13(21)11-12(19)3-4-14-15-5-6-17(18(22)23)20(15,2)10-8-16(14)19/h12-17,21H,3-11H2,1-2H3,(H,22,23)/t12-,13-,14-,15+,16-,17+,19-,20+/m0/s1. The van der Waals surface area contributed by atoms with E-state index >= 15 is 0 Å². The molecule has 0 radical (unpaired) electrons. The minimum Gasteiger partial charge on any atom is -0.481 e. The van der Waals surface area contributed by atoms with Crippen molar-refractivity contribution < 1.29 is 15.0 Å². The van der Waals surface area contributed by atoms with E-state index < -0.39 is 5.97 Å². The summed E-state index contributed by atoms with van der Waals surface area (Å²) in [4.78, 5) is 11.7. The van der Waals surface area contributed by atoms with Gasteiger partial charge < -0.3 is 10.2 Å². The number of aliphatic hydroxyl groups is 1. The molecule has 0 unspecified atom stereocenters. The van der Waals surface area contributed by atoms with Crippen molar-refractivity contribution >= 4 is 5.97 Å². The summed E-state index contributed by atoms with van der Waals surface area (Å²) in [5.74, 6) is 2.12. The lowest BCUT2D eigenvalue weighted by molar-refractivity contribution is -0.154. The van der Waals surface area contributed by atoms with Crippen molar-refractivity contribution in [2.75, 3.05) is 0 Å². The first-order chi connectivity index (χ1) is 10.9. The van der Waals surface area contributed by atoms with E-state index in [2.05, 4.69) is 13.8 Å². The molecule has 4 aliphatic rings. The van der Waals surface area contributed by atoms with Crippen LogP contribution in [0.3, 0.4) is 0 Å². The number of carbonyl (C=O) groups is 1. The largest absolute Gasteiger partial charge is 0.481 e. The molecular formula is C20H32O3. The van der Waals surface area contributed by atoms with E-state index in [1.54, 1.807) is 0 Å². The molecule has 3 heteroatoms. The van der Waals surface area contributed by atoms with Crippen molar-refractivity contribution in [2.24, 2.45) is 40.4 Å². The Morgan fingerprint density at radius 1 is 0.913 bits per heavy atom. The SMILES string of the molecule is C[C@@]12CC[C@H]3[C@@H](CC[C@H]4C[C@@H](O)CC[C@@]43C)[C@H]1CC[C@@H]2C(=O)O. The highest BCUT2D eigenvalue weighted by atomic mass is 16.4. The van der Waals surface area contributed by atoms with Gasteiger partial charge in [0.1, 0.15) is 0 Å². The Morgan fingerprint density at radius 2 is 1.61 bits per heavy atom. The molecule has 0 spiro atoms. The molecule has 2 N–H and O–H groups in total. The summed E-state index contributed by atoms with van der Waals surface area (Å²) in [5.41, 5.74) is 0.426. The van der Waals surface area contributed by atoms with Crippen LogP contribution in [-0.4, -0.2) is 22.3 Å². The van der Waals surface area contributed by atoms with Gasteiger partial charge in [-0.1, -0.05) is 13.8 Å². The van der Waals surface area contributed by atoms with Crippen molar-refractivity contribution in [1.29, 1.82) is 0 Å². The van der Waals surface area contributed by atoms with Crippen LogP contribution in [0.5, 0.6) is 0 Å². The van der Waals surface area contributed by atoms with Crippen molar-refractivity contribution in [1.82, 2.24) is 0 Å². The molecule has 3 nitrogen and oxygen atoms in total. The molecule has 8 atom stereocenters. The van der Waals surface area contributed by atoms with Crippen LogP contribution in [0.15, 0.2) is 0 Å². The summed E-state index contributed by atoms with van der Waals surface area (Å²) in [6, 6.07) is 0. The second kappa shape index (κ2) is 5.21. The number of carboxylic acid groups (broad SMARTS) is 1. The first kappa shape index (κ1) is 15.9. The van der Waals surface area contributed by atoms with E-state index in [0.29, 0.717) is 17.3 Å². The van der Waals surface area contributed by atoms with Gasteiger partial charge in [-0.3, -0.25) is 4.79 Å². The average Bonchev–Trinajstić information content (AvgIpc) is 2.85. The van der Waals surface area contributed by atoms with Gasteiger partial charge in [0.2, 0.25) is 0 Å². The third-order valence-corrected chi connectivity index (χ3v) is 8.94. The summed E-state index contributed by atoms with van der Waals surface area (Å²) in [6.45, 7) is 4.77. The van der Waals surface area contributed by atoms with Gasteiger partial charge in [-0.2, -0.15) is 0 Å². The van der Waals surface area contributed by atoms with Crippen LogP contribution < -0.4 is 0 Å². The summed E-state index contributed by atoms with van der Waals surface area (Å²) in [7, 11) is 0. The number of aliphatic hydroxyl groups excluding tert-OH is 1. The number of hydrogen-bond acceptors (Lipinski definition) is 2. The molecule has 4 rings (SSSR count). The van der Waals surface area contributed by atoms with Crippen LogP contribution in [0, 0.1) is 40.4 Å². The topological polar surface area (TPSA) is 57.5 Å². The summed E-state index contributed by atoms with van der Waals surface area (Å²) in [6.07, 6.45) is 9.90. The first-order valence-electron chi connectivity index (χ1n) is 9.77. The molecule has 0 saturated heterocycles. The van der Waals surface area contributed by atoms with Crippen LogP contribution in [0.1, 0.15) is 71.6 Å². The van der Waals surface area contributed by atoms with Crippen LogP contribution in [0.4, 0.5) is 0 Å². The van der Waals surface area contributed by atoms with Crippen molar-refractivity contribution in [2.45, 2.75) is 77.7 Å². The molecule has 0 aromatic carbocycles. The molecule has 0 aromatic rings. The summed E-state index contributed by atoms with van der Waals surface area (Å²) in [5, 5.41) is 19.7. The normalized spacial score (nSPS) is 55.6. The highest BCUT2D eigenvalue weighted by molar-refractivity contribution is 5.71. The zero-order chi connectivity index (χ0) is 16.4. The number of carboxylic acids is 1. The van der Waals surface area contributed by atoms with Gasteiger partial charge >= 0.3 is 5.97 Å². The quantitative estimate of drug-likeness (QED) is 0.765. The highest BCUT2D eigenvalue weighted by Crippen LogP contribution is 2.67. The fourth-order valence-electron chi connectivity index (χ4n) is 7.64. The Labute approximate surface area is 139 Å². The lowest BCUT2D eigenvalue weighted by Crippen LogP contribution is -2.54. The average molecular weight is 320 g/mol. The van der Waals surface area contributed by atoms with E-state index in [9.17, 15) is 15.0 Å². The van der Waals surface area contributed by atoms with Crippen molar-refractivity contribution in [3.05, 3.63) is 0 Å². The molecule has 0 aromatic heterocycles. The Hall–Kier alpha value is -0.570. The van der Waals surface area contributed by atoms with Gasteiger partial charge in [0, 0.05) is 0 Å². The van der Waals surface area contributed by atoms with E-state index in [4.69, 9.17) is 0 Å². The zero-order valence-corrected chi connectivity index (χ0v) is 14.6. The van der Waals surface area contributed by atoms with Crippen LogP contribution in [0.2, 0.25) is 0 Å². The molecular weight excluding hydrogens is 288 g/mol. The maximum Gasteiger partial charge on any atom is 0.307 e. The number of hydrogen-bond donors (Lipinski definition) is 2. The first-order valence-corrected chi connectivity index (χ1v) is 9.77. The minimum absolute atomic E-state index is 0.0321. The van der Waals surface area contributed by atoms with Gasteiger partial charge in [0.25, 0.3) is 0 Å². The molecule has 4 saturated carbocycles. The maximum absolute atomic E-state index is 11.7. The third-order valence-electron chi connectivity index (χ3n) is 8.94. The molecule has 23 heavy (non-hydrogen) atoms. The zero-order valence-electron chi connectivity index (χ0n) is 14.6. The molecule has 130 valence electrons. The summed E-state index contributed by atoms with van der Waals surface area (Å²) < 4.78 is 0. The fraction of sp³-hybridized carbons (Fsp3) is 0.950. The Morgan fingerprint density at radius 3 is 2.35 bits per heavy atom. The molecule has 4 aliphatic carbocycles. The predicted molar refractivity (Wildman–Crippen MR) is 88.9 cm³/mol. The van der Waals surface area contributed by atoms with Gasteiger partial charge in [-0.05, 0) is 92.3 Å². The fourth-order valence-corrected chi connectivity index (χ4v) is 7.64. The molecule has 0 heterocycles. The van der Waals surface area contributed by atoms with Gasteiger partial charge in [-0.25, -0.2) is 0 Å². The van der Waals surface area contributed by atoms with E-state index in [0.717, 1.165) is 43.9 Å². The number of rotatable bonds is 1. The van der Waals surface area contributed by atoms with Crippen LogP contribution >= 0.6 is 0 Å². The van der Waals surface area contributed by atoms with Crippen LogP contribution in [0.25, 0.3) is 0 Å². The minimum atomic E-state index is -0.561. The Balaban J connectivity index is 1.61. The van der Waals surface area contributed by atoms with Crippen molar-refractivity contribution in [3.63, 3.8) is 0 Å². The Kier molecular flexibility index (Phi) is 3.61. The number of aliphatic carboxylic acids is 1. The monoisotopic (exact) mass is 320 g/mol. The van der Waals surface area contributed by atoms with Gasteiger partial charge in [0.05, 0.1) is 12.0 Å². The van der Waals surface area contributed by atoms with Gasteiger partial charge in [-0.15, -0.1) is 0 Å². The maximum atomic E-state index is 11.7. The second-order valence-corrected chi connectivity index (χ2v) is 9.60. The van der Waals surface area contributed by atoms with E-state index in [1.807, 2.05) is 0 Å². The molecule has 4 fully saturated rings. The second-order valence-electron chi connectivity index (χ2n) is 9.60. The smallest absolute Gasteiger partial charge is 0.307 e. The van der Waals surface area contributed by atoms with Crippen molar-refractivity contribution in [3.8, 4) is 0 Å². The predicted octanol–water partition coefficient (Wildman–Crippen LogP) is 4.09. The molecule has 0 bridgehead atoms. The highest BCUT2D eigenvalue weighted by Gasteiger charge is 2.61. The lowest BCUT2D eigenvalue weighted by Gasteiger charge is -2.60.